The summed E-state index contributed by atoms with van der Waals surface area (Å²) in [6.45, 7) is 1.95. The van der Waals surface area contributed by atoms with Gasteiger partial charge in [0.1, 0.15) is 6.23 Å². The van der Waals surface area contributed by atoms with Crippen LogP contribution < -0.4 is 5.32 Å². The molecule has 2 heterocycles. The monoisotopic (exact) mass is 173 g/mol. The lowest BCUT2D eigenvalue weighted by Gasteiger charge is -2.13. The summed E-state index contributed by atoms with van der Waals surface area (Å²) in [5.41, 5.74) is 0. The van der Waals surface area contributed by atoms with Crippen molar-refractivity contribution in [1.29, 1.82) is 0 Å². The van der Waals surface area contributed by atoms with Crippen molar-refractivity contribution in [2.75, 3.05) is 18.9 Å². The van der Waals surface area contributed by atoms with E-state index in [0.717, 1.165) is 18.4 Å². The summed E-state index contributed by atoms with van der Waals surface area (Å²) in [5, 5.41) is 4.21. The summed E-state index contributed by atoms with van der Waals surface area (Å²) in [6, 6.07) is 0. The van der Waals surface area contributed by atoms with E-state index in [1.54, 1.807) is 0 Å². The maximum atomic E-state index is 5.49. The van der Waals surface area contributed by atoms with Crippen LogP contribution in [0.1, 0.15) is 19.3 Å². The maximum Gasteiger partial charge on any atom is 0.109 e. The normalized spacial score (nSPS) is 38.2. The van der Waals surface area contributed by atoms with Crippen LogP contribution in [-0.4, -0.2) is 30.4 Å². The first kappa shape index (κ1) is 7.90. The molecule has 11 heavy (non-hydrogen) atoms. The number of ether oxygens (including phenoxy) is 1. The lowest BCUT2D eigenvalue weighted by Crippen LogP contribution is -2.25. The molecule has 0 aliphatic carbocycles. The highest BCUT2D eigenvalue weighted by Gasteiger charge is 2.22. The van der Waals surface area contributed by atoms with E-state index in [0.29, 0.717) is 6.23 Å². The van der Waals surface area contributed by atoms with Crippen molar-refractivity contribution in [2.24, 2.45) is 0 Å². The quantitative estimate of drug-likeness (QED) is 0.678. The molecule has 2 aliphatic rings. The topological polar surface area (TPSA) is 21.3 Å². The van der Waals surface area contributed by atoms with Crippen LogP contribution >= 0.6 is 11.8 Å². The van der Waals surface area contributed by atoms with Crippen molar-refractivity contribution in [2.45, 2.75) is 30.7 Å². The van der Waals surface area contributed by atoms with E-state index in [2.05, 4.69) is 17.1 Å². The maximum absolute atomic E-state index is 5.49. The van der Waals surface area contributed by atoms with Crippen molar-refractivity contribution in [3.8, 4) is 0 Å². The van der Waals surface area contributed by atoms with Gasteiger partial charge >= 0.3 is 0 Å². The predicted octanol–water partition coefficient (Wildman–Crippen LogP) is 1.22. The fraction of sp³-hybridized carbons (Fsp3) is 1.00. The van der Waals surface area contributed by atoms with E-state index in [9.17, 15) is 0 Å². The number of thioether (sulfide) groups is 1. The van der Waals surface area contributed by atoms with Gasteiger partial charge in [0, 0.05) is 11.8 Å². The largest absolute Gasteiger partial charge is 0.362 e. The number of hydrogen-bond acceptors (Lipinski definition) is 3. The molecule has 2 rings (SSSR count). The van der Waals surface area contributed by atoms with Crippen molar-refractivity contribution in [3.63, 3.8) is 0 Å². The summed E-state index contributed by atoms with van der Waals surface area (Å²) in [5.74, 6) is 1.36. The van der Waals surface area contributed by atoms with E-state index in [1.165, 1.54) is 25.0 Å². The molecule has 2 atom stereocenters. The van der Waals surface area contributed by atoms with Crippen molar-refractivity contribution in [3.05, 3.63) is 0 Å². The van der Waals surface area contributed by atoms with Gasteiger partial charge in [0.2, 0.25) is 0 Å². The smallest absolute Gasteiger partial charge is 0.109 e. The molecule has 0 bridgehead atoms. The SMILES string of the molecule is C1CSC(CC2NCCO2)C1. The van der Waals surface area contributed by atoms with Gasteiger partial charge in [-0.1, -0.05) is 0 Å². The van der Waals surface area contributed by atoms with E-state index < -0.39 is 0 Å². The fourth-order valence-electron chi connectivity index (χ4n) is 1.70. The average molecular weight is 173 g/mol. The molecule has 0 spiro atoms. The Kier molecular flexibility index (Phi) is 2.72. The Labute approximate surface area is 72.1 Å². The van der Waals surface area contributed by atoms with Crippen molar-refractivity contribution >= 4 is 11.8 Å². The minimum absolute atomic E-state index is 0.366. The average Bonchev–Trinajstić information content (AvgIpc) is 2.60. The van der Waals surface area contributed by atoms with Gasteiger partial charge in [0.15, 0.2) is 0 Å². The Hall–Kier alpha value is 0.270. The third kappa shape index (κ3) is 2.10. The second kappa shape index (κ2) is 3.78. The molecule has 2 unspecified atom stereocenters. The number of rotatable bonds is 2. The Morgan fingerprint density at radius 1 is 1.55 bits per heavy atom. The summed E-state index contributed by atoms with van der Waals surface area (Å²) < 4.78 is 5.49. The molecule has 0 aromatic heterocycles. The lowest BCUT2D eigenvalue weighted by molar-refractivity contribution is 0.0938. The van der Waals surface area contributed by atoms with Gasteiger partial charge < -0.3 is 4.74 Å². The van der Waals surface area contributed by atoms with Crippen LogP contribution in [0.25, 0.3) is 0 Å². The van der Waals surface area contributed by atoms with Crippen molar-refractivity contribution < 1.29 is 4.74 Å². The molecule has 2 saturated heterocycles. The van der Waals surface area contributed by atoms with Gasteiger partial charge in [-0.3, -0.25) is 5.32 Å². The molecule has 2 aliphatic heterocycles. The number of hydrogen-bond donors (Lipinski definition) is 1. The molecule has 2 fully saturated rings. The summed E-state index contributed by atoms with van der Waals surface area (Å²) in [6.07, 6.45) is 4.38. The molecule has 0 saturated carbocycles. The predicted molar refractivity (Wildman–Crippen MR) is 47.8 cm³/mol. The zero-order chi connectivity index (χ0) is 7.52. The minimum Gasteiger partial charge on any atom is -0.362 e. The van der Waals surface area contributed by atoms with Gasteiger partial charge in [0.25, 0.3) is 0 Å². The Morgan fingerprint density at radius 3 is 3.18 bits per heavy atom. The van der Waals surface area contributed by atoms with Crippen molar-refractivity contribution in [1.82, 2.24) is 5.32 Å². The van der Waals surface area contributed by atoms with E-state index in [1.807, 2.05) is 0 Å². The Morgan fingerprint density at radius 2 is 2.55 bits per heavy atom. The lowest BCUT2D eigenvalue weighted by atomic mass is 10.2. The van der Waals surface area contributed by atoms with Crippen LogP contribution in [0.15, 0.2) is 0 Å². The molecule has 0 radical (unpaired) electrons. The minimum atomic E-state index is 0.366. The van der Waals surface area contributed by atoms with Crippen LogP contribution in [0.2, 0.25) is 0 Å². The second-order valence-electron chi connectivity index (χ2n) is 3.18. The van der Waals surface area contributed by atoms with Crippen LogP contribution in [-0.2, 0) is 4.74 Å². The molecule has 2 nitrogen and oxygen atoms in total. The van der Waals surface area contributed by atoms with E-state index >= 15 is 0 Å². The van der Waals surface area contributed by atoms with Gasteiger partial charge in [0.05, 0.1) is 6.61 Å². The van der Waals surface area contributed by atoms with Crippen LogP contribution in [0.4, 0.5) is 0 Å². The molecule has 3 heteroatoms. The number of nitrogens with one attached hydrogen (secondary N) is 1. The van der Waals surface area contributed by atoms with Gasteiger partial charge in [-0.2, -0.15) is 11.8 Å². The molecular weight excluding hydrogens is 158 g/mol. The van der Waals surface area contributed by atoms with Crippen LogP contribution in [0.5, 0.6) is 0 Å². The van der Waals surface area contributed by atoms with E-state index in [4.69, 9.17) is 4.74 Å². The van der Waals surface area contributed by atoms with Crippen LogP contribution in [0, 0.1) is 0 Å². The van der Waals surface area contributed by atoms with Gasteiger partial charge in [-0.15, -0.1) is 0 Å². The summed E-state index contributed by atoms with van der Waals surface area (Å²) >= 11 is 2.11. The van der Waals surface area contributed by atoms with Gasteiger partial charge in [-0.25, -0.2) is 0 Å². The fourth-order valence-corrected chi connectivity index (χ4v) is 3.01. The highest BCUT2D eigenvalue weighted by atomic mass is 32.2. The second-order valence-corrected chi connectivity index (χ2v) is 4.59. The zero-order valence-corrected chi connectivity index (χ0v) is 7.53. The van der Waals surface area contributed by atoms with E-state index in [-0.39, 0.29) is 0 Å². The highest BCUT2D eigenvalue weighted by molar-refractivity contribution is 8.00. The first-order valence-electron chi connectivity index (χ1n) is 4.42. The summed E-state index contributed by atoms with van der Waals surface area (Å²) in [7, 11) is 0. The first-order chi connectivity index (χ1) is 5.45. The molecule has 1 N–H and O–H groups in total. The third-order valence-corrected chi connectivity index (χ3v) is 3.72. The first-order valence-corrected chi connectivity index (χ1v) is 5.46. The molecule has 0 amide bonds. The molecule has 64 valence electrons. The highest BCUT2D eigenvalue weighted by Crippen LogP contribution is 2.30. The Balaban J connectivity index is 1.71. The van der Waals surface area contributed by atoms with Gasteiger partial charge in [-0.05, 0) is 25.0 Å². The molecule has 0 aromatic rings. The third-order valence-electron chi connectivity index (χ3n) is 2.29. The standard InChI is InChI=1S/C8H15NOS/c1-2-7(11-5-1)6-8-9-3-4-10-8/h7-9H,1-6H2. The molecule has 0 aromatic carbocycles. The van der Waals surface area contributed by atoms with Crippen LogP contribution in [0.3, 0.4) is 0 Å². The molecular formula is C8H15NOS. The Bertz CT molecular complexity index is 105. The summed E-state index contributed by atoms with van der Waals surface area (Å²) in [4.78, 5) is 0. The zero-order valence-electron chi connectivity index (χ0n) is 6.71.